The Kier molecular flexibility index (Phi) is 1.30. The van der Waals surface area contributed by atoms with Crippen LogP contribution in [0.15, 0.2) is 10.3 Å². The fourth-order valence-corrected chi connectivity index (χ4v) is 1.02. The van der Waals surface area contributed by atoms with Crippen LogP contribution in [0.25, 0.3) is 0 Å². The molecule has 0 bridgehead atoms. The Morgan fingerprint density at radius 2 is 1.40 bits per heavy atom. The predicted octanol–water partition coefficient (Wildman–Crippen LogP) is 0.539. The molecule has 0 aliphatic carbocycles. The fraction of sp³-hybridized carbons (Fsp3) is 0.667. The lowest BCUT2D eigenvalue weighted by atomic mass is 10.1. The van der Waals surface area contributed by atoms with Gasteiger partial charge in [0.25, 0.3) is 0 Å². The van der Waals surface area contributed by atoms with Gasteiger partial charge in [-0.15, -0.1) is 0 Å². The number of oxime groups is 2. The Hall–Kier alpha value is -1.06. The maximum absolute atomic E-state index is 4.82. The molecule has 0 amide bonds. The van der Waals surface area contributed by atoms with Gasteiger partial charge < -0.3 is 9.68 Å². The van der Waals surface area contributed by atoms with E-state index in [2.05, 4.69) is 10.3 Å². The van der Waals surface area contributed by atoms with E-state index in [1.54, 1.807) is 0 Å². The highest BCUT2D eigenvalue weighted by molar-refractivity contribution is 6.42. The van der Waals surface area contributed by atoms with E-state index in [-0.39, 0.29) is 0 Å². The van der Waals surface area contributed by atoms with Crippen molar-refractivity contribution in [1.29, 1.82) is 0 Å². The van der Waals surface area contributed by atoms with Crippen molar-refractivity contribution >= 4 is 11.4 Å². The van der Waals surface area contributed by atoms with Crippen LogP contribution in [-0.2, 0) is 9.68 Å². The van der Waals surface area contributed by atoms with Crippen LogP contribution in [0.1, 0.15) is 12.8 Å². The summed E-state index contributed by atoms with van der Waals surface area (Å²) in [6.45, 7) is 1.38. The van der Waals surface area contributed by atoms with Gasteiger partial charge in [-0.3, -0.25) is 0 Å². The quantitative estimate of drug-likeness (QED) is 0.533. The smallest absolute Gasteiger partial charge is 0.122 e. The third kappa shape index (κ3) is 0.853. The third-order valence-corrected chi connectivity index (χ3v) is 1.54. The van der Waals surface area contributed by atoms with Crippen molar-refractivity contribution in [2.75, 3.05) is 13.2 Å². The zero-order valence-corrected chi connectivity index (χ0v) is 5.54. The normalized spacial score (nSPS) is 23.2. The molecule has 10 heavy (non-hydrogen) atoms. The van der Waals surface area contributed by atoms with E-state index in [0.29, 0.717) is 13.2 Å². The maximum Gasteiger partial charge on any atom is 0.122 e. The van der Waals surface area contributed by atoms with Crippen LogP contribution in [0.5, 0.6) is 0 Å². The second-order valence-corrected chi connectivity index (χ2v) is 2.24. The zero-order valence-electron chi connectivity index (χ0n) is 5.54. The van der Waals surface area contributed by atoms with Gasteiger partial charge in [-0.25, -0.2) is 0 Å². The lowest BCUT2D eigenvalue weighted by molar-refractivity contribution is 0.173. The third-order valence-electron chi connectivity index (χ3n) is 1.54. The maximum atomic E-state index is 4.82. The van der Waals surface area contributed by atoms with Gasteiger partial charge in [0, 0.05) is 12.8 Å². The monoisotopic (exact) mass is 140 g/mol. The van der Waals surface area contributed by atoms with Crippen molar-refractivity contribution in [2.45, 2.75) is 12.8 Å². The minimum Gasteiger partial charge on any atom is -0.395 e. The van der Waals surface area contributed by atoms with E-state index in [1.807, 2.05) is 0 Å². The lowest BCUT2D eigenvalue weighted by Gasteiger charge is -1.88. The highest BCUT2D eigenvalue weighted by atomic mass is 16.6. The Morgan fingerprint density at radius 1 is 0.900 bits per heavy atom. The number of hydrogen-bond acceptors (Lipinski definition) is 4. The average molecular weight is 140 g/mol. The van der Waals surface area contributed by atoms with E-state index < -0.39 is 0 Å². The van der Waals surface area contributed by atoms with E-state index in [4.69, 9.17) is 9.68 Å². The molecule has 2 aliphatic rings. The molecule has 0 saturated carbocycles. The summed E-state index contributed by atoms with van der Waals surface area (Å²) in [7, 11) is 0. The predicted molar refractivity (Wildman–Crippen MR) is 36.0 cm³/mol. The molecule has 0 aromatic heterocycles. The molecule has 0 spiro atoms. The first-order valence-electron chi connectivity index (χ1n) is 3.35. The van der Waals surface area contributed by atoms with Gasteiger partial charge in [0.1, 0.15) is 24.6 Å². The molecule has 0 radical (unpaired) electrons. The molecular weight excluding hydrogens is 132 g/mol. The molecule has 0 atom stereocenters. The summed E-state index contributed by atoms with van der Waals surface area (Å²) in [6, 6.07) is 0. The van der Waals surface area contributed by atoms with Gasteiger partial charge in [0.05, 0.1) is 0 Å². The molecule has 0 saturated heterocycles. The van der Waals surface area contributed by atoms with Gasteiger partial charge in [0.2, 0.25) is 0 Å². The van der Waals surface area contributed by atoms with Gasteiger partial charge in [-0.2, -0.15) is 0 Å². The fourth-order valence-electron chi connectivity index (χ4n) is 1.02. The highest BCUT2D eigenvalue weighted by Gasteiger charge is 2.18. The minimum atomic E-state index is 0.689. The van der Waals surface area contributed by atoms with Gasteiger partial charge >= 0.3 is 0 Å². The Bertz CT molecular complexity index is 176. The second-order valence-electron chi connectivity index (χ2n) is 2.24. The summed E-state index contributed by atoms with van der Waals surface area (Å²) < 4.78 is 0. The molecule has 2 aliphatic heterocycles. The van der Waals surface area contributed by atoms with Crippen LogP contribution >= 0.6 is 0 Å². The molecule has 2 rings (SSSR count). The molecular formula is C6H8N2O2. The Labute approximate surface area is 58.5 Å². The van der Waals surface area contributed by atoms with Crippen LogP contribution in [0.3, 0.4) is 0 Å². The van der Waals surface area contributed by atoms with Crippen molar-refractivity contribution in [3.63, 3.8) is 0 Å². The van der Waals surface area contributed by atoms with Crippen LogP contribution in [-0.4, -0.2) is 24.6 Å². The second kappa shape index (κ2) is 2.28. The summed E-state index contributed by atoms with van der Waals surface area (Å²) in [5.74, 6) is 0. The first-order valence-corrected chi connectivity index (χ1v) is 3.35. The molecule has 4 heteroatoms. The van der Waals surface area contributed by atoms with Crippen LogP contribution in [0, 0.1) is 0 Å². The number of nitrogens with zero attached hydrogens (tertiary/aromatic N) is 2. The van der Waals surface area contributed by atoms with E-state index in [9.17, 15) is 0 Å². The Morgan fingerprint density at radius 3 is 1.70 bits per heavy atom. The van der Waals surface area contributed by atoms with Crippen molar-refractivity contribution < 1.29 is 9.68 Å². The molecule has 0 fully saturated rings. The SMILES string of the molecule is C1CC(C2=NOCC2)=NO1. The zero-order chi connectivity index (χ0) is 6.81. The van der Waals surface area contributed by atoms with E-state index in [1.165, 1.54) is 0 Å². The van der Waals surface area contributed by atoms with Crippen molar-refractivity contribution in [1.82, 2.24) is 0 Å². The Balaban J connectivity index is 2.10. The summed E-state index contributed by atoms with van der Waals surface area (Å²) in [4.78, 5) is 9.64. The summed E-state index contributed by atoms with van der Waals surface area (Å²) in [5, 5.41) is 7.65. The minimum absolute atomic E-state index is 0.689. The first kappa shape index (κ1) is 5.70. The highest BCUT2D eigenvalue weighted by Crippen LogP contribution is 2.08. The number of hydrogen-bond donors (Lipinski definition) is 0. The average Bonchev–Trinajstić information content (AvgIpc) is 2.59. The molecule has 0 N–H and O–H groups in total. The summed E-state index contributed by atoms with van der Waals surface area (Å²) in [6.07, 6.45) is 1.75. The van der Waals surface area contributed by atoms with Crippen molar-refractivity contribution in [3.8, 4) is 0 Å². The topological polar surface area (TPSA) is 43.2 Å². The van der Waals surface area contributed by atoms with Crippen LogP contribution in [0.2, 0.25) is 0 Å². The van der Waals surface area contributed by atoms with Crippen molar-refractivity contribution in [2.24, 2.45) is 10.3 Å². The standard InChI is InChI=1S/C6H8N2O2/c1-3-9-7-5(1)6-2-4-10-8-6/h1-4H2. The number of rotatable bonds is 1. The van der Waals surface area contributed by atoms with Crippen LogP contribution in [0.4, 0.5) is 0 Å². The lowest BCUT2D eigenvalue weighted by Crippen LogP contribution is -2.09. The summed E-state index contributed by atoms with van der Waals surface area (Å²) >= 11 is 0. The largest absolute Gasteiger partial charge is 0.395 e. The molecule has 0 aromatic carbocycles. The molecule has 0 aromatic rings. The molecule has 2 heterocycles. The van der Waals surface area contributed by atoms with Gasteiger partial charge in [-0.05, 0) is 0 Å². The van der Waals surface area contributed by atoms with E-state index in [0.717, 1.165) is 24.3 Å². The molecule has 0 unspecified atom stereocenters. The van der Waals surface area contributed by atoms with Gasteiger partial charge in [-0.1, -0.05) is 10.3 Å². The molecule has 4 nitrogen and oxygen atoms in total. The molecule has 54 valence electrons. The van der Waals surface area contributed by atoms with Crippen LogP contribution < -0.4 is 0 Å². The van der Waals surface area contributed by atoms with E-state index >= 15 is 0 Å². The first-order chi connectivity index (χ1) is 4.97. The van der Waals surface area contributed by atoms with Crippen molar-refractivity contribution in [3.05, 3.63) is 0 Å². The summed E-state index contributed by atoms with van der Waals surface area (Å²) in [5.41, 5.74) is 1.91. The van der Waals surface area contributed by atoms with Gasteiger partial charge in [0.15, 0.2) is 0 Å².